The molecule has 8 heavy (non-hydrogen) atoms. The second-order valence-electron chi connectivity index (χ2n) is 1.40. The van der Waals surface area contributed by atoms with Crippen molar-refractivity contribution in [3.63, 3.8) is 0 Å². The van der Waals surface area contributed by atoms with Crippen LogP contribution in [0.4, 0.5) is 0 Å². The van der Waals surface area contributed by atoms with Crippen molar-refractivity contribution in [2.75, 3.05) is 6.61 Å². The lowest BCUT2D eigenvalue weighted by atomic mass is 10.3. The summed E-state index contributed by atoms with van der Waals surface area (Å²) in [5.41, 5.74) is 0. The quantitative estimate of drug-likeness (QED) is 0.433. The number of hydrogen-bond donors (Lipinski definition) is 1. The Morgan fingerprint density at radius 3 is 2.88 bits per heavy atom. The molecule has 0 aliphatic rings. The van der Waals surface area contributed by atoms with E-state index < -0.39 is 0 Å². The molecule has 0 aromatic rings. The van der Waals surface area contributed by atoms with E-state index in [0.29, 0.717) is 0 Å². The first-order chi connectivity index (χ1) is 3.91. The molecular weight excluding hydrogens is 102 g/mol. The Bertz CT molecular complexity index is 102. The number of rotatable bonds is 3. The summed E-state index contributed by atoms with van der Waals surface area (Å²) in [5.74, 6) is 0. The molecule has 0 aromatic carbocycles. The Morgan fingerprint density at radius 2 is 2.38 bits per heavy atom. The monoisotopic (exact) mass is 111 g/mol. The molecule has 0 fully saturated rings. The van der Waals surface area contributed by atoms with Gasteiger partial charge in [0.25, 0.3) is 0 Å². The Labute approximate surface area is 49.1 Å². The number of nitrogens with zero attached hydrogens (tertiary/aromatic N) is 1. The van der Waals surface area contributed by atoms with Crippen LogP contribution >= 0.6 is 0 Å². The second-order valence-corrected chi connectivity index (χ2v) is 1.40. The highest BCUT2D eigenvalue weighted by Gasteiger charge is 1.75. The summed E-state index contributed by atoms with van der Waals surface area (Å²) < 4.78 is 0. The summed E-state index contributed by atoms with van der Waals surface area (Å²) >= 11 is 0. The summed E-state index contributed by atoms with van der Waals surface area (Å²) in [7, 11) is 0. The van der Waals surface area contributed by atoms with Crippen molar-refractivity contribution < 1.29 is 5.11 Å². The normalized spacial score (nSPS) is 9.50. The molecule has 0 amide bonds. The molecule has 0 atom stereocenters. The minimum atomic E-state index is 0.204. The van der Waals surface area contributed by atoms with E-state index in [0.717, 1.165) is 12.8 Å². The lowest BCUT2D eigenvalue weighted by molar-refractivity contribution is 0.289. The fourth-order valence-electron chi connectivity index (χ4n) is 0.345. The van der Waals surface area contributed by atoms with E-state index in [1.54, 1.807) is 6.08 Å². The van der Waals surface area contributed by atoms with Crippen molar-refractivity contribution >= 4 is 0 Å². The van der Waals surface area contributed by atoms with Crippen LogP contribution in [0.1, 0.15) is 12.8 Å². The van der Waals surface area contributed by atoms with E-state index in [-0.39, 0.29) is 6.61 Å². The van der Waals surface area contributed by atoms with Gasteiger partial charge in [0, 0.05) is 12.7 Å². The van der Waals surface area contributed by atoms with Crippen LogP contribution < -0.4 is 0 Å². The molecule has 0 radical (unpaired) electrons. The molecule has 0 bridgehead atoms. The highest BCUT2D eigenvalue weighted by Crippen LogP contribution is 1.86. The van der Waals surface area contributed by atoms with Gasteiger partial charge in [0.1, 0.15) is 0 Å². The summed E-state index contributed by atoms with van der Waals surface area (Å²) in [6, 6.07) is 1.86. The summed E-state index contributed by atoms with van der Waals surface area (Å²) in [4.78, 5) is 0. The maximum Gasteiger partial charge on any atom is 0.0908 e. The predicted octanol–water partition coefficient (Wildman–Crippen LogP) is 0.839. The molecule has 2 nitrogen and oxygen atoms in total. The first-order valence-corrected chi connectivity index (χ1v) is 2.57. The van der Waals surface area contributed by atoms with Gasteiger partial charge in [-0.25, -0.2) is 0 Å². The highest BCUT2D eigenvalue weighted by molar-refractivity contribution is 5.01. The molecule has 0 heterocycles. The maximum atomic E-state index is 8.25. The molecule has 1 N–H and O–H groups in total. The molecule has 0 aromatic heterocycles. The van der Waals surface area contributed by atoms with Gasteiger partial charge in [-0.15, -0.1) is 0 Å². The average molecular weight is 111 g/mol. The molecule has 0 aliphatic carbocycles. The smallest absolute Gasteiger partial charge is 0.0908 e. The van der Waals surface area contributed by atoms with Gasteiger partial charge in [-0.2, -0.15) is 5.26 Å². The zero-order valence-electron chi connectivity index (χ0n) is 4.67. The predicted molar refractivity (Wildman–Crippen MR) is 31.1 cm³/mol. The molecule has 2 heteroatoms. The van der Waals surface area contributed by atoms with Crippen molar-refractivity contribution in [2.45, 2.75) is 12.8 Å². The Morgan fingerprint density at radius 1 is 1.62 bits per heavy atom. The van der Waals surface area contributed by atoms with Crippen LogP contribution in [0.3, 0.4) is 0 Å². The van der Waals surface area contributed by atoms with Crippen LogP contribution in [0, 0.1) is 11.3 Å². The third kappa shape index (κ3) is 5.19. The molecule has 44 valence electrons. The van der Waals surface area contributed by atoms with E-state index in [4.69, 9.17) is 10.4 Å². The van der Waals surface area contributed by atoms with Crippen LogP contribution in [0.25, 0.3) is 0 Å². The van der Waals surface area contributed by atoms with Gasteiger partial charge in [-0.05, 0) is 12.8 Å². The molecule has 0 spiro atoms. The van der Waals surface area contributed by atoms with Crippen LogP contribution in [0.5, 0.6) is 0 Å². The Kier molecular flexibility index (Phi) is 5.56. The molecular formula is C6H9NO. The van der Waals surface area contributed by atoms with E-state index in [1.807, 2.05) is 6.07 Å². The van der Waals surface area contributed by atoms with E-state index in [9.17, 15) is 0 Å². The number of aliphatic hydroxyl groups excluding tert-OH is 1. The zero-order chi connectivity index (χ0) is 6.24. The second kappa shape index (κ2) is 6.19. The minimum Gasteiger partial charge on any atom is -0.396 e. The number of nitriles is 1. The van der Waals surface area contributed by atoms with Gasteiger partial charge in [-0.3, -0.25) is 0 Å². The lowest BCUT2D eigenvalue weighted by Crippen LogP contribution is -1.77. The first kappa shape index (κ1) is 7.19. The highest BCUT2D eigenvalue weighted by atomic mass is 16.2. The van der Waals surface area contributed by atoms with E-state index in [2.05, 4.69) is 0 Å². The average Bonchev–Trinajstić information content (AvgIpc) is 1.81. The number of unbranched alkanes of at least 4 members (excludes halogenated alkanes) is 1. The van der Waals surface area contributed by atoms with Gasteiger partial charge in [-0.1, -0.05) is 6.08 Å². The van der Waals surface area contributed by atoms with Crippen LogP contribution in [0.15, 0.2) is 12.2 Å². The number of hydrogen-bond acceptors (Lipinski definition) is 2. The van der Waals surface area contributed by atoms with Crippen LogP contribution in [-0.2, 0) is 0 Å². The van der Waals surface area contributed by atoms with Gasteiger partial charge >= 0.3 is 0 Å². The summed E-state index contributed by atoms with van der Waals surface area (Å²) in [6.07, 6.45) is 4.72. The molecule has 0 rings (SSSR count). The van der Waals surface area contributed by atoms with E-state index >= 15 is 0 Å². The van der Waals surface area contributed by atoms with Crippen molar-refractivity contribution in [1.29, 1.82) is 5.26 Å². The van der Waals surface area contributed by atoms with Gasteiger partial charge in [0.2, 0.25) is 0 Å². The molecule has 0 aliphatic heterocycles. The van der Waals surface area contributed by atoms with Gasteiger partial charge < -0.3 is 5.11 Å². The largest absolute Gasteiger partial charge is 0.396 e. The van der Waals surface area contributed by atoms with Gasteiger partial charge in [0.05, 0.1) is 6.07 Å². The number of aliphatic hydroxyl groups is 1. The fraction of sp³-hybridized carbons (Fsp3) is 0.500. The van der Waals surface area contributed by atoms with Crippen LogP contribution in [-0.4, -0.2) is 11.7 Å². The summed E-state index contributed by atoms with van der Waals surface area (Å²) in [5, 5.41) is 16.2. The lowest BCUT2D eigenvalue weighted by Gasteiger charge is -1.83. The van der Waals surface area contributed by atoms with Crippen molar-refractivity contribution in [3.8, 4) is 6.07 Å². The zero-order valence-corrected chi connectivity index (χ0v) is 4.67. The maximum absolute atomic E-state index is 8.25. The van der Waals surface area contributed by atoms with Crippen molar-refractivity contribution in [3.05, 3.63) is 12.2 Å². The van der Waals surface area contributed by atoms with Crippen LogP contribution in [0.2, 0.25) is 0 Å². The molecule has 0 unspecified atom stereocenters. The summed E-state index contributed by atoms with van der Waals surface area (Å²) in [6.45, 7) is 0.204. The molecule has 0 saturated heterocycles. The Balaban J connectivity index is 2.94. The SMILES string of the molecule is N#C/C=C/CCCO. The third-order valence-corrected chi connectivity index (χ3v) is 0.721. The third-order valence-electron chi connectivity index (χ3n) is 0.721. The first-order valence-electron chi connectivity index (χ1n) is 2.57. The fourth-order valence-corrected chi connectivity index (χ4v) is 0.345. The topological polar surface area (TPSA) is 44.0 Å². The minimum absolute atomic E-state index is 0.204. The number of allylic oxidation sites excluding steroid dienone is 2. The van der Waals surface area contributed by atoms with Crippen molar-refractivity contribution in [2.24, 2.45) is 0 Å². The standard InChI is InChI=1S/C6H9NO/c7-5-3-1-2-4-6-8/h1,3,8H,2,4,6H2/b3-1+. The molecule has 0 saturated carbocycles. The van der Waals surface area contributed by atoms with Gasteiger partial charge in [0.15, 0.2) is 0 Å². The Hall–Kier alpha value is -0.810. The van der Waals surface area contributed by atoms with E-state index in [1.165, 1.54) is 6.08 Å². The van der Waals surface area contributed by atoms with Crippen molar-refractivity contribution in [1.82, 2.24) is 0 Å².